The first-order chi connectivity index (χ1) is 11.2. The molecule has 3 rings (SSSR count). The highest BCUT2D eigenvalue weighted by molar-refractivity contribution is 7.85. The fourth-order valence-electron chi connectivity index (χ4n) is 3.02. The second-order valence-electron chi connectivity index (χ2n) is 5.54. The SMILES string of the molecule is CS(=O)(=O)O.Cn1c(C(=O)NC=NN)c2c3c(cccc31)CCC2. The molecule has 0 saturated heterocycles. The van der Waals surface area contributed by atoms with Crippen molar-refractivity contribution in [3.05, 3.63) is 35.0 Å². The summed E-state index contributed by atoms with van der Waals surface area (Å²) >= 11 is 0. The summed E-state index contributed by atoms with van der Waals surface area (Å²) in [5.41, 5.74) is 4.30. The van der Waals surface area contributed by atoms with Crippen LogP contribution in [-0.4, -0.2) is 36.0 Å². The first-order valence-corrected chi connectivity index (χ1v) is 9.13. The number of carbonyl (C=O) groups excluding carboxylic acids is 1. The number of nitrogens with one attached hydrogen (secondary N) is 1. The van der Waals surface area contributed by atoms with Gasteiger partial charge in [0.25, 0.3) is 16.0 Å². The largest absolute Gasteiger partial charge is 0.339 e. The number of amides is 1. The lowest BCUT2D eigenvalue weighted by Gasteiger charge is -2.12. The van der Waals surface area contributed by atoms with E-state index in [0.717, 1.165) is 30.3 Å². The predicted octanol–water partition coefficient (Wildman–Crippen LogP) is 0.803. The fraction of sp³-hybridized carbons (Fsp3) is 0.333. The van der Waals surface area contributed by atoms with Crippen LogP contribution in [0.4, 0.5) is 0 Å². The molecule has 4 N–H and O–H groups in total. The summed E-state index contributed by atoms with van der Waals surface area (Å²) in [5, 5.41) is 7.14. The summed E-state index contributed by atoms with van der Waals surface area (Å²) in [4.78, 5) is 12.2. The number of carbonyl (C=O) groups is 1. The van der Waals surface area contributed by atoms with Crippen LogP contribution in [0.1, 0.15) is 28.0 Å². The Morgan fingerprint density at radius 1 is 1.42 bits per heavy atom. The van der Waals surface area contributed by atoms with E-state index in [9.17, 15) is 13.2 Å². The summed E-state index contributed by atoms with van der Waals surface area (Å²) in [6, 6.07) is 6.26. The lowest BCUT2D eigenvalue weighted by Crippen LogP contribution is -2.25. The molecule has 9 heteroatoms. The molecule has 0 atom stereocenters. The molecule has 0 radical (unpaired) electrons. The fourth-order valence-corrected chi connectivity index (χ4v) is 3.02. The first kappa shape index (κ1) is 18.0. The molecular formula is C15H20N4O4S. The van der Waals surface area contributed by atoms with Gasteiger partial charge in [-0.1, -0.05) is 12.1 Å². The van der Waals surface area contributed by atoms with E-state index >= 15 is 0 Å². The maximum atomic E-state index is 12.2. The zero-order chi connectivity index (χ0) is 17.9. The highest BCUT2D eigenvalue weighted by Crippen LogP contribution is 2.33. The van der Waals surface area contributed by atoms with E-state index in [1.807, 2.05) is 11.6 Å². The molecule has 24 heavy (non-hydrogen) atoms. The Morgan fingerprint density at radius 2 is 2.08 bits per heavy atom. The molecule has 0 fully saturated rings. The number of hydrogen-bond donors (Lipinski definition) is 3. The number of hydrogen-bond acceptors (Lipinski definition) is 5. The molecule has 1 aliphatic carbocycles. The van der Waals surface area contributed by atoms with Crippen molar-refractivity contribution in [3.63, 3.8) is 0 Å². The minimum Gasteiger partial charge on any atom is -0.339 e. The van der Waals surface area contributed by atoms with Gasteiger partial charge in [-0.25, -0.2) is 0 Å². The molecule has 0 saturated carbocycles. The number of aromatic nitrogens is 1. The second kappa shape index (κ2) is 7.02. The van der Waals surface area contributed by atoms with Gasteiger partial charge in [0, 0.05) is 18.0 Å². The molecule has 1 amide bonds. The molecule has 1 aromatic heterocycles. The third-order valence-electron chi connectivity index (χ3n) is 3.77. The maximum absolute atomic E-state index is 12.2. The lowest BCUT2D eigenvalue weighted by atomic mass is 9.91. The molecule has 0 bridgehead atoms. The molecule has 1 aliphatic rings. The van der Waals surface area contributed by atoms with Crippen LogP contribution in [0.25, 0.3) is 10.9 Å². The van der Waals surface area contributed by atoms with Crippen LogP contribution in [0, 0.1) is 0 Å². The average Bonchev–Trinajstić information content (AvgIpc) is 2.79. The van der Waals surface area contributed by atoms with Gasteiger partial charge in [-0.15, -0.1) is 0 Å². The minimum absolute atomic E-state index is 0.157. The highest BCUT2D eigenvalue weighted by atomic mass is 32.2. The van der Waals surface area contributed by atoms with Crippen molar-refractivity contribution in [1.82, 2.24) is 9.88 Å². The van der Waals surface area contributed by atoms with Gasteiger partial charge in [0.1, 0.15) is 12.0 Å². The van der Waals surface area contributed by atoms with Crippen molar-refractivity contribution in [1.29, 1.82) is 0 Å². The minimum atomic E-state index is -3.67. The Morgan fingerprint density at radius 3 is 2.71 bits per heavy atom. The maximum Gasteiger partial charge on any atom is 0.273 e. The Kier molecular flexibility index (Phi) is 5.25. The van der Waals surface area contributed by atoms with Crippen molar-refractivity contribution < 1.29 is 17.8 Å². The molecule has 2 aromatic rings. The van der Waals surface area contributed by atoms with Crippen molar-refractivity contribution in [2.45, 2.75) is 19.3 Å². The monoisotopic (exact) mass is 352 g/mol. The van der Waals surface area contributed by atoms with Gasteiger partial charge in [-0.05, 0) is 36.5 Å². The van der Waals surface area contributed by atoms with Crippen molar-refractivity contribution in [3.8, 4) is 0 Å². The molecule has 0 spiro atoms. The van der Waals surface area contributed by atoms with Crippen molar-refractivity contribution in [2.24, 2.45) is 18.0 Å². The third-order valence-corrected chi connectivity index (χ3v) is 3.77. The van der Waals surface area contributed by atoms with Gasteiger partial charge < -0.3 is 15.7 Å². The predicted molar refractivity (Wildman–Crippen MR) is 92.6 cm³/mol. The van der Waals surface area contributed by atoms with Gasteiger partial charge in [-0.2, -0.15) is 13.5 Å². The summed E-state index contributed by atoms with van der Waals surface area (Å²) in [7, 11) is -1.74. The zero-order valence-corrected chi connectivity index (χ0v) is 14.3. The number of hydrazone groups is 1. The van der Waals surface area contributed by atoms with Crippen LogP contribution >= 0.6 is 0 Å². The Hall–Kier alpha value is -2.39. The van der Waals surface area contributed by atoms with Crippen LogP contribution < -0.4 is 11.2 Å². The van der Waals surface area contributed by atoms with Gasteiger partial charge in [0.2, 0.25) is 0 Å². The van der Waals surface area contributed by atoms with E-state index in [1.165, 1.54) is 17.3 Å². The molecular weight excluding hydrogens is 332 g/mol. The number of rotatable bonds is 2. The van der Waals surface area contributed by atoms with Gasteiger partial charge >= 0.3 is 0 Å². The van der Waals surface area contributed by atoms with Crippen LogP contribution in [-0.2, 0) is 30.0 Å². The summed E-state index contributed by atoms with van der Waals surface area (Å²) in [6.45, 7) is 0. The molecule has 8 nitrogen and oxygen atoms in total. The van der Waals surface area contributed by atoms with Gasteiger partial charge in [0.05, 0.1) is 6.26 Å². The van der Waals surface area contributed by atoms with Crippen LogP contribution in [0.5, 0.6) is 0 Å². The standard InChI is InChI=1S/C14H16N4O.CH4O3S/c1-18-11-7-3-5-9-4-2-6-10(12(9)11)13(18)14(19)16-8-17-15;1-5(2,3)4/h3,5,7-8H,2,4,6,15H2,1H3,(H,16,17,19);1H3,(H,2,3,4). The van der Waals surface area contributed by atoms with Crippen molar-refractivity contribution in [2.75, 3.05) is 6.26 Å². The zero-order valence-electron chi connectivity index (χ0n) is 13.5. The van der Waals surface area contributed by atoms with E-state index in [2.05, 4.69) is 28.6 Å². The second-order valence-corrected chi connectivity index (χ2v) is 7.00. The van der Waals surface area contributed by atoms with Gasteiger partial charge in [0.15, 0.2) is 0 Å². The van der Waals surface area contributed by atoms with Gasteiger partial charge in [-0.3, -0.25) is 9.35 Å². The van der Waals surface area contributed by atoms with E-state index in [0.29, 0.717) is 11.9 Å². The first-order valence-electron chi connectivity index (χ1n) is 7.28. The van der Waals surface area contributed by atoms with E-state index in [4.69, 9.17) is 10.4 Å². The highest BCUT2D eigenvalue weighted by Gasteiger charge is 2.24. The summed E-state index contributed by atoms with van der Waals surface area (Å²) < 4.78 is 27.8. The number of aryl methyl sites for hydroxylation is 3. The van der Waals surface area contributed by atoms with Crippen molar-refractivity contribution >= 4 is 33.3 Å². The van der Waals surface area contributed by atoms with E-state index in [1.54, 1.807) is 0 Å². The molecule has 0 aliphatic heterocycles. The Labute approximate surface area is 140 Å². The summed E-state index contributed by atoms with van der Waals surface area (Å²) in [6.07, 6.45) is 5.04. The third kappa shape index (κ3) is 3.92. The quantitative estimate of drug-likeness (QED) is 0.242. The normalized spacial score (nSPS) is 13.6. The molecule has 1 heterocycles. The van der Waals surface area contributed by atoms with E-state index < -0.39 is 10.1 Å². The lowest BCUT2D eigenvalue weighted by molar-refractivity contribution is 0.0970. The Balaban J connectivity index is 0.000000368. The molecule has 0 unspecified atom stereocenters. The molecule has 130 valence electrons. The summed E-state index contributed by atoms with van der Waals surface area (Å²) in [5.74, 6) is 4.87. The van der Waals surface area contributed by atoms with Crippen LogP contribution in [0.2, 0.25) is 0 Å². The number of nitrogens with two attached hydrogens (primary N) is 1. The average molecular weight is 352 g/mol. The number of nitrogens with zero attached hydrogens (tertiary/aromatic N) is 2. The van der Waals surface area contributed by atoms with Crippen LogP contribution in [0.15, 0.2) is 23.3 Å². The number of benzene rings is 1. The van der Waals surface area contributed by atoms with Crippen LogP contribution in [0.3, 0.4) is 0 Å². The topological polar surface area (TPSA) is 127 Å². The van der Waals surface area contributed by atoms with E-state index in [-0.39, 0.29) is 5.91 Å². The smallest absolute Gasteiger partial charge is 0.273 e. The Bertz CT molecular complexity index is 892. The molecule has 1 aromatic carbocycles.